The third-order valence-corrected chi connectivity index (χ3v) is 17.8. The summed E-state index contributed by atoms with van der Waals surface area (Å²) in [4.78, 5) is 5.23. The minimum atomic E-state index is -0.138. The minimum absolute atomic E-state index is 0.0927. The number of anilines is 6. The summed E-state index contributed by atoms with van der Waals surface area (Å²) in [7, 11) is 0. The van der Waals surface area contributed by atoms with Crippen molar-refractivity contribution in [1.29, 1.82) is 0 Å². The zero-order chi connectivity index (χ0) is 59.2. The van der Waals surface area contributed by atoms with Crippen LogP contribution in [-0.2, 0) is 21.7 Å². The first kappa shape index (κ1) is 55.3. The maximum absolute atomic E-state index is 2.61. The molecule has 418 valence electrons. The summed E-state index contributed by atoms with van der Waals surface area (Å²) in [6, 6.07) is 94.4. The van der Waals surface area contributed by atoms with Crippen LogP contribution in [0.1, 0.15) is 105 Å². The Morgan fingerprint density at radius 1 is 0.224 bits per heavy atom. The molecule has 0 amide bonds. The molecule has 0 unspecified atom stereocenters. The molecule has 0 fully saturated rings. The van der Waals surface area contributed by atoms with E-state index in [4.69, 9.17) is 0 Å². The topological polar surface area (TPSA) is 6.48 Å². The largest absolute Gasteiger partial charge is 0.311 e. The molecule has 2 nitrogen and oxygen atoms in total. The number of nitrogens with zero attached hydrogens (tertiary/aromatic N) is 2. The zero-order valence-electron chi connectivity index (χ0n) is 51.6. The Bertz CT molecular complexity index is 3860. The molecule has 0 aliphatic carbocycles. The van der Waals surface area contributed by atoms with Crippen molar-refractivity contribution in [3.8, 4) is 66.8 Å². The fourth-order valence-corrected chi connectivity index (χ4v) is 12.8. The Labute approximate surface area is 506 Å². The molecule has 11 aromatic rings. The number of rotatable bonds is 8. The highest BCUT2D eigenvalue weighted by Crippen LogP contribution is 2.48. The third-order valence-electron chi connectivity index (χ3n) is 17.8. The Kier molecular flexibility index (Phi) is 13.7. The van der Waals surface area contributed by atoms with Crippen LogP contribution in [-0.4, -0.2) is 6.71 Å². The molecule has 0 aromatic heterocycles. The molecule has 0 saturated carbocycles. The molecule has 0 N–H and O–H groups in total. The van der Waals surface area contributed by atoms with E-state index in [1.165, 1.54) is 140 Å². The average Bonchev–Trinajstić information content (AvgIpc) is 1.07. The fourth-order valence-electron chi connectivity index (χ4n) is 12.8. The van der Waals surface area contributed by atoms with Gasteiger partial charge in [0.15, 0.2) is 0 Å². The lowest BCUT2D eigenvalue weighted by Crippen LogP contribution is -2.61. The van der Waals surface area contributed by atoms with Crippen molar-refractivity contribution in [2.75, 3.05) is 9.80 Å². The predicted molar refractivity (Wildman–Crippen MR) is 368 cm³/mol. The molecular formula is C82H77BN2. The van der Waals surface area contributed by atoms with Crippen molar-refractivity contribution in [3.05, 3.63) is 271 Å². The molecule has 0 radical (unpaired) electrons. The number of fused-ring (bicyclic) bond motifs is 4. The lowest BCUT2D eigenvalue weighted by Gasteiger charge is -2.45. The summed E-state index contributed by atoms with van der Waals surface area (Å²) in [6.45, 7) is 28.1. The summed E-state index contributed by atoms with van der Waals surface area (Å²) < 4.78 is 0. The monoisotopic (exact) mass is 1100 g/mol. The van der Waals surface area contributed by atoms with Crippen molar-refractivity contribution in [2.24, 2.45) is 0 Å². The Morgan fingerprint density at radius 2 is 0.494 bits per heavy atom. The van der Waals surface area contributed by atoms with Gasteiger partial charge in [-0.15, -0.1) is 0 Å². The standard InChI is InChI=1S/C82H77BN2/c1-79(2,3)66-48-67(80(4,5)6)51-70(50-66)84-74-38-36-58(64-42-60(54-26-17-13-18-27-54)40-61(43-64)55-28-19-14-20-29-55)46-72(74)83-73-47-59(65-44-62(56-30-21-15-22-31-56)41-63(45-65)57-32-23-16-24-33-57)37-39-75(73)85(77-35-25-34-76(84)78(77)83)71-52-68(81(7,8)9)49-69(53-71)82(10,11)12/h13-53H,1-12H3. The first-order valence-corrected chi connectivity index (χ1v) is 30.5. The van der Waals surface area contributed by atoms with Gasteiger partial charge in [0.25, 0.3) is 6.71 Å². The molecule has 0 bridgehead atoms. The van der Waals surface area contributed by atoms with E-state index in [9.17, 15) is 0 Å². The second kappa shape index (κ2) is 21.0. The zero-order valence-corrected chi connectivity index (χ0v) is 51.6. The minimum Gasteiger partial charge on any atom is -0.311 e. The molecule has 13 rings (SSSR count). The maximum atomic E-state index is 2.61. The van der Waals surface area contributed by atoms with Crippen LogP contribution >= 0.6 is 0 Å². The van der Waals surface area contributed by atoms with Crippen LogP contribution in [0.15, 0.2) is 249 Å². The molecule has 11 aromatic carbocycles. The molecule has 2 aliphatic rings. The normalized spacial score (nSPS) is 13.1. The molecular weight excluding hydrogens is 1020 g/mol. The van der Waals surface area contributed by atoms with Crippen molar-refractivity contribution >= 4 is 57.2 Å². The summed E-state index contributed by atoms with van der Waals surface area (Å²) in [5.74, 6) is 0. The van der Waals surface area contributed by atoms with Crippen molar-refractivity contribution in [1.82, 2.24) is 0 Å². The van der Waals surface area contributed by atoms with E-state index in [1.807, 2.05) is 0 Å². The van der Waals surface area contributed by atoms with E-state index < -0.39 is 0 Å². The van der Waals surface area contributed by atoms with Gasteiger partial charge in [0.1, 0.15) is 0 Å². The van der Waals surface area contributed by atoms with Crippen molar-refractivity contribution in [2.45, 2.75) is 105 Å². The molecule has 0 atom stereocenters. The molecule has 3 heteroatoms. The summed E-state index contributed by atoms with van der Waals surface area (Å²) in [5.41, 5.74) is 30.2. The second-order valence-corrected chi connectivity index (χ2v) is 28.0. The summed E-state index contributed by atoms with van der Waals surface area (Å²) in [5, 5.41) is 0. The van der Waals surface area contributed by atoms with Crippen LogP contribution in [0.3, 0.4) is 0 Å². The first-order chi connectivity index (χ1) is 40.6. The maximum Gasteiger partial charge on any atom is 0.252 e. The van der Waals surface area contributed by atoms with Crippen molar-refractivity contribution < 1.29 is 0 Å². The van der Waals surface area contributed by atoms with Crippen LogP contribution in [0.25, 0.3) is 66.8 Å². The van der Waals surface area contributed by atoms with E-state index in [0.29, 0.717) is 0 Å². The Morgan fingerprint density at radius 3 is 0.765 bits per heavy atom. The van der Waals surface area contributed by atoms with Crippen LogP contribution in [0.4, 0.5) is 34.1 Å². The number of benzene rings is 11. The Balaban J connectivity index is 1.13. The SMILES string of the molecule is CC(C)(C)c1cc(N2c3ccc(-c4cc(-c5ccccc5)cc(-c5ccccc5)c4)cc3B3c4cc(-c5cc(-c6ccccc6)cc(-c6ccccc6)c5)ccc4N(c4cc(C(C)(C)C)cc(C(C)(C)C)c4)c4cccc2c43)cc(C(C)(C)C)c1. The lowest BCUT2D eigenvalue weighted by atomic mass is 9.33. The van der Waals surface area contributed by atoms with Gasteiger partial charge in [-0.2, -0.15) is 0 Å². The second-order valence-electron chi connectivity index (χ2n) is 28.0. The number of hydrogen-bond acceptors (Lipinski definition) is 2. The van der Waals surface area contributed by atoms with Crippen molar-refractivity contribution in [3.63, 3.8) is 0 Å². The van der Waals surface area contributed by atoms with Crippen LogP contribution < -0.4 is 26.2 Å². The highest BCUT2D eigenvalue weighted by atomic mass is 15.2. The highest BCUT2D eigenvalue weighted by Gasteiger charge is 2.44. The van der Waals surface area contributed by atoms with Gasteiger partial charge in [0.2, 0.25) is 0 Å². The molecule has 2 aliphatic heterocycles. The lowest BCUT2D eigenvalue weighted by molar-refractivity contribution is 0.568. The third kappa shape index (κ3) is 10.5. The van der Waals surface area contributed by atoms with E-state index in [0.717, 1.165) is 0 Å². The van der Waals surface area contributed by atoms with E-state index in [1.54, 1.807) is 0 Å². The number of hydrogen-bond donors (Lipinski definition) is 0. The predicted octanol–water partition coefficient (Wildman–Crippen LogP) is 21.0. The highest BCUT2D eigenvalue weighted by molar-refractivity contribution is 7.00. The van der Waals surface area contributed by atoms with Gasteiger partial charge in [-0.1, -0.05) is 247 Å². The van der Waals surface area contributed by atoms with E-state index in [2.05, 4.69) is 342 Å². The summed E-state index contributed by atoms with van der Waals surface area (Å²) >= 11 is 0. The van der Waals surface area contributed by atoms with E-state index >= 15 is 0 Å². The van der Waals surface area contributed by atoms with Gasteiger partial charge in [0.05, 0.1) is 0 Å². The average molecular weight is 1100 g/mol. The molecule has 2 heterocycles. The van der Waals surface area contributed by atoms with Gasteiger partial charge in [-0.25, -0.2) is 0 Å². The summed E-state index contributed by atoms with van der Waals surface area (Å²) in [6.07, 6.45) is 0. The molecule has 0 saturated heterocycles. The molecule has 85 heavy (non-hydrogen) atoms. The van der Waals surface area contributed by atoms with E-state index in [-0.39, 0.29) is 28.4 Å². The van der Waals surface area contributed by atoms with Crippen LogP contribution in [0, 0.1) is 0 Å². The van der Waals surface area contributed by atoms with Crippen LogP contribution in [0.2, 0.25) is 0 Å². The van der Waals surface area contributed by atoms with Gasteiger partial charge >= 0.3 is 0 Å². The molecule has 0 spiro atoms. The Hall–Kier alpha value is -8.92. The van der Waals surface area contributed by atoms with Gasteiger partial charge in [0, 0.05) is 34.1 Å². The first-order valence-electron chi connectivity index (χ1n) is 30.5. The van der Waals surface area contributed by atoms with Gasteiger partial charge < -0.3 is 9.80 Å². The van der Waals surface area contributed by atoms with Gasteiger partial charge in [-0.05, 0) is 212 Å². The smallest absolute Gasteiger partial charge is 0.252 e. The van der Waals surface area contributed by atoms with Gasteiger partial charge in [-0.3, -0.25) is 0 Å². The quantitative estimate of drug-likeness (QED) is 0.140. The fraction of sp³-hybridized carbons (Fsp3) is 0.195. The van der Waals surface area contributed by atoms with Crippen LogP contribution in [0.5, 0.6) is 0 Å².